The van der Waals surface area contributed by atoms with Crippen molar-refractivity contribution in [1.29, 1.82) is 0 Å². The first-order valence-electron chi connectivity index (χ1n) is 4.76. The van der Waals surface area contributed by atoms with Crippen LogP contribution in [0.2, 0.25) is 0 Å². The minimum Gasteiger partial charge on any atom is -0.360 e. The molecule has 0 bridgehead atoms. The summed E-state index contributed by atoms with van der Waals surface area (Å²) in [5.41, 5.74) is 1.09. The van der Waals surface area contributed by atoms with Gasteiger partial charge in [0, 0.05) is 26.2 Å². The minimum absolute atomic E-state index is 0.839. The molecule has 0 saturated carbocycles. The Morgan fingerprint density at radius 1 is 1.47 bits per heavy atom. The predicted molar refractivity (Wildman–Crippen MR) is 60.0 cm³/mol. The van der Waals surface area contributed by atoms with Crippen molar-refractivity contribution >= 4 is 16.5 Å². The molecule has 0 saturated heterocycles. The van der Waals surface area contributed by atoms with E-state index in [4.69, 9.17) is 0 Å². The fraction of sp³-hybridized carbons (Fsp3) is 0.444. The summed E-state index contributed by atoms with van der Waals surface area (Å²) < 4.78 is 1.81. The molecule has 2 aromatic rings. The molecule has 0 radical (unpaired) electrons. The SMILES string of the molecule is Cc1nnc(NCCc2ccn(C)n2)s1. The second-order valence-electron chi connectivity index (χ2n) is 3.28. The van der Waals surface area contributed by atoms with E-state index < -0.39 is 0 Å². The van der Waals surface area contributed by atoms with Gasteiger partial charge in [0.05, 0.1) is 5.69 Å². The number of rotatable bonds is 4. The first-order valence-corrected chi connectivity index (χ1v) is 5.58. The van der Waals surface area contributed by atoms with Gasteiger partial charge in [0.15, 0.2) is 0 Å². The van der Waals surface area contributed by atoms with Crippen LogP contribution in [-0.4, -0.2) is 26.5 Å². The van der Waals surface area contributed by atoms with E-state index in [1.54, 1.807) is 11.3 Å². The van der Waals surface area contributed by atoms with Crippen LogP contribution >= 0.6 is 11.3 Å². The summed E-state index contributed by atoms with van der Waals surface area (Å²) in [7, 11) is 1.92. The van der Waals surface area contributed by atoms with E-state index in [9.17, 15) is 0 Å². The highest BCUT2D eigenvalue weighted by molar-refractivity contribution is 7.15. The first kappa shape index (κ1) is 10.1. The summed E-state index contributed by atoms with van der Waals surface area (Å²) in [6, 6.07) is 2.02. The van der Waals surface area contributed by atoms with Crippen molar-refractivity contribution in [3.63, 3.8) is 0 Å². The maximum Gasteiger partial charge on any atom is 0.205 e. The van der Waals surface area contributed by atoms with Gasteiger partial charge in [0.1, 0.15) is 5.01 Å². The Balaban J connectivity index is 1.80. The van der Waals surface area contributed by atoms with Gasteiger partial charge in [-0.05, 0) is 13.0 Å². The molecule has 0 aliphatic rings. The van der Waals surface area contributed by atoms with Gasteiger partial charge in [-0.1, -0.05) is 11.3 Å². The van der Waals surface area contributed by atoms with Crippen LogP contribution in [0, 0.1) is 6.92 Å². The van der Waals surface area contributed by atoms with Gasteiger partial charge in [-0.25, -0.2) is 0 Å². The van der Waals surface area contributed by atoms with Crippen molar-refractivity contribution in [2.75, 3.05) is 11.9 Å². The number of hydrogen-bond donors (Lipinski definition) is 1. The third kappa shape index (κ3) is 2.76. The predicted octanol–water partition coefficient (Wildman–Crippen LogP) is 1.23. The van der Waals surface area contributed by atoms with Crippen molar-refractivity contribution < 1.29 is 0 Å². The molecular formula is C9H13N5S. The van der Waals surface area contributed by atoms with Crippen molar-refractivity contribution in [2.45, 2.75) is 13.3 Å². The molecule has 2 heterocycles. The van der Waals surface area contributed by atoms with Crippen LogP contribution in [-0.2, 0) is 13.5 Å². The molecule has 2 aromatic heterocycles. The Bertz CT molecular complexity index is 393. The molecule has 0 fully saturated rings. The Morgan fingerprint density at radius 3 is 2.93 bits per heavy atom. The number of nitrogens with zero attached hydrogens (tertiary/aromatic N) is 4. The number of aromatic nitrogens is 4. The lowest BCUT2D eigenvalue weighted by Crippen LogP contribution is -2.05. The monoisotopic (exact) mass is 223 g/mol. The molecule has 0 unspecified atom stereocenters. The van der Waals surface area contributed by atoms with Crippen molar-refractivity contribution in [3.05, 3.63) is 23.0 Å². The number of anilines is 1. The van der Waals surface area contributed by atoms with E-state index in [2.05, 4.69) is 20.6 Å². The summed E-state index contributed by atoms with van der Waals surface area (Å²) in [5, 5.41) is 17.3. The lowest BCUT2D eigenvalue weighted by molar-refractivity contribution is 0.742. The lowest BCUT2D eigenvalue weighted by atomic mass is 10.3. The molecule has 0 aliphatic carbocycles. The summed E-state index contributed by atoms with van der Waals surface area (Å²) >= 11 is 1.57. The standard InChI is InChI=1S/C9H13N5S/c1-7-11-12-9(15-7)10-5-3-8-4-6-14(2)13-8/h4,6H,3,5H2,1-2H3,(H,10,12). The zero-order valence-electron chi connectivity index (χ0n) is 8.77. The topological polar surface area (TPSA) is 55.6 Å². The van der Waals surface area contributed by atoms with Crippen LogP contribution in [0.3, 0.4) is 0 Å². The molecule has 0 amide bonds. The van der Waals surface area contributed by atoms with Crippen LogP contribution in [0.5, 0.6) is 0 Å². The molecule has 1 N–H and O–H groups in total. The highest BCUT2D eigenvalue weighted by Crippen LogP contribution is 2.13. The fourth-order valence-electron chi connectivity index (χ4n) is 1.26. The maximum atomic E-state index is 4.29. The van der Waals surface area contributed by atoms with Crippen LogP contribution < -0.4 is 5.32 Å². The van der Waals surface area contributed by atoms with E-state index >= 15 is 0 Å². The Labute approximate surface area is 92.2 Å². The number of aryl methyl sites for hydroxylation is 2. The second-order valence-corrected chi connectivity index (χ2v) is 4.47. The van der Waals surface area contributed by atoms with Gasteiger partial charge in [0.25, 0.3) is 0 Å². The third-order valence-corrected chi connectivity index (χ3v) is 2.75. The Morgan fingerprint density at radius 2 is 2.33 bits per heavy atom. The largest absolute Gasteiger partial charge is 0.360 e. The summed E-state index contributed by atoms with van der Waals surface area (Å²) in [6.45, 7) is 2.78. The molecule has 6 heteroatoms. The Kier molecular flexibility index (Phi) is 2.96. The molecule has 0 aromatic carbocycles. The fourth-order valence-corrected chi connectivity index (χ4v) is 1.88. The Hall–Kier alpha value is -1.43. The summed E-state index contributed by atoms with van der Waals surface area (Å²) in [6.07, 6.45) is 2.85. The highest BCUT2D eigenvalue weighted by atomic mass is 32.1. The van der Waals surface area contributed by atoms with E-state index in [0.29, 0.717) is 0 Å². The summed E-state index contributed by atoms with van der Waals surface area (Å²) in [5.74, 6) is 0. The van der Waals surface area contributed by atoms with Gasteiger partial charge in [-0.3, -0.25) is 4.68 Å². The average molecular weight is 223 g/mol. The molecule has 80 valence electrons. The van der Waals surface area contributed by atoms with Crippen molar-refractivity contribution in [3.8, 4) is 0 Å². The zero-order chi connectivity index (χ0) is 10.7. The van der Waals surface area contributed by atoms with E-state index in [0.717, 1.165) is 28.8 Å². The van der Waals surface area contributed by atoms with E-state index in [1.165, 1.54) is 0 Å². The highest BCUT2D eigenvalue weighted by Gasteiger charge is 2.00. The van der Waals surface area contributed by atoms with Crippen LogP contribution in [0.25, 0.3) is 0 Å². The zero-order valence-corrected chi connectivity index (χ0v) is 9.58. The third-order valence-electron chi connectivity index (χ3n) is 1.95. The minimum atomic E-state index is 0.839. The molecule has 0 atom stereocenters. The molecule has 0 aliphatic heterocycles. The first-order chi connectivity index (χ1) is 7.24. The van der Waals surface area contributed by atoms with Gasteiger partial charge >= 0.3 is 0 Å². The number of nitrogens with one attached hydrogen (secondary N) is 1. The van der Waals surface area contributed by atoms with E-state index in [-0.39, 0.29) is 0 Å². The second kappa shape index (κ2) is 4.39. The van der Waals surface area contributed by atoms with E-state index in [1.807, 2.05) is 30.9 Å². The molecular weight excluding hydrogens is 210 g/mol. The van der Waals surface area contributed by atoms with Crippen LogP contribution in [0.4, 0.5) is 5.13 Å². The normalized spacial score (nSPS) is 10.5. The molecule has 2 rings (SSSR count). The number of hydrogen-bond acceptors (Lipinski definition) is 5. The van der Waals surface area contributed by atoms with Crippen LogP contribution in [0.1, 0.15) is 10.7 Å². The average Bonchev–Trinajstić information content (AvgIpc) is 2.76. The van der Waals surface area contributed by atoms with Crippen LogP contribution in [0.15, 0.2) is 12.3 Å². The van der Waals surface area contributed by atoms with Crippen molar-refractivity contribution in [2.24, 2.45) is 7.05 Å². The molecule has 15 heavy (non-hydrogen) atoms. The molecule has 5 nitrogen and oxygen atoms in total. The maximum absolute atomic E-state index is 4.29. The quantitative estimate of drug-likeness (QED) is 0.847. The summed E-state index contributed by atoms with van der Waals surface area (Å²) in [4.78, 5) is 0. The molecule has 0 spiro atoms. The van der Waals surface area contributed by atoms with Gasteiger partial charge in [-0.15, -0.1) is 10.2 Å². The van der Waals surface area contributed by atoms with Gasteiger partial charge in [0.2, 0.25) is 5.13 Å². The van der Waals surface area contributed by atoms with Gasteiger partial charge in [-0.2, -0.15) is 5.10 Å². The van der Waals surface area contributed by atoms with Gasteiger partial charge < -0.3 is 5.32 Å². The lowest BCUT2D eigenvalue weighted by Gasteiger charge is -1.98. The smallest absolute Gasteiger partial charge is 0.205 e. The van der Waals surface area contributed by atoms with Crippen molar-refractivity contribution in [1.82, 2.24) is 20.0 Å².